The molecule has 1 aliphatic rings. The predicted molar refractivity (Wildman–Crippen MR) is 96.4 cm³/mol. The van der Waals surface area contributed by atoms with Crippen molar-refractivity contribution in [2.75, 3.05) is 31.6 Å². The highest BCUT2D eigenvalue weighted by Gasteiger charge is 2.21. The molecule has 1 aliphatic heterocycles. The first kappa shape index (κ1) is 19.7. The van der Waals surface area contributed by atoms with Gasteiger partial charge in [0.2, 0.25) is 5.91 Å². The maximum absolute atomic E-state index is 12.4. The second-order valence-electron chi connectivity index (χ2n) is 5.78. The number of ether oxygens (including phenoxy) is 1. The van der Waals surface area contributed by atoms with E-state index in [0.29, 0.717) is 13.2 Å². The van der Waals surface area contributed by atoms with Crippen LogP contribution in [0.3, 0.4) is 0 Å². The molecule has 1 unspecified atom stereocenters. The van der Waals surface area contributed by atoms with Gasteiger partial charge < -0.3 is 15.8 Å². The molecule has 1 atom stereocenters. The van der Waals surface area contributed by atoms with Gasteiger partial charge in [0.1, 0.15) is 12.4 Å². The van der Waals surface area contributed by atoms with Gasteiger partial charge in [-0.2, -0.15) is 0 Å². The molecule has 0 saturated carbocycles. The van der Waals surface area contributed by atoms with Crippen molar-refractivity contribution in [3.8, 4) is 5.75 Å². The third kappa shape index (κ3) is 6.37. The number of carbonyl (C=O) groups is 1. The van der Waals surface area contributed by atoms with Gasteiger partial charge in [-0.25, -0.2) is 0 Å². The van der Waals surface area contributed by atoms with Crippen LogP contribution in [0.2, 0.25) is 0 Å². The van der Waals surface area contributed by atoms with Crippen LogP contribution in [0.25, 0.3) is 0 Å². The molecule has 2 rings (SSSR count). The van der Waals surface area contributed by atoms with E-state index in [1.807, 2.05) is 31.2 Å². The summed E-state index contributed by atoms with van der Waals surface area (Å²) in [7, 11) is 0. The van der Waals surface area contributed by atoms with E-state index in [0.717, 1.165) is 24.5 Å². The van der Waals surface area contributed by atoms with Crippen LogP contribution >= 0.6 is 12.4 Å². The smallest absolute Gasteiger partial charge is 0.241 e. The molecular formula is C17H28ClN3O2. The van der Waals surface area contributed by atoms with Crippen molar-refractivity contribution in [1.82, 2.24) is 4.90 Å². The minimum atomic E-state index is -0.0914. The lowest BCUT2D eigenvalue weighted by molar-refractivity contribution is -0.120. The third-order valence-electron chi connectivity index (χ3n) is 4.08. The van der Waals surface area contributed by atoms with Crippen LogP contribution in [0.1, 0.15) is 32.6 Å². The van der Waals surface area contributed by atoms with Crippen molar-refractivity contribution in [3.05, 3.63) is 24.3 Å². The van der Waals surface area contributed by atoms with Crippen LogP contribution in [0.4, 0.5) is 5.69 Å². The second-order valence-corrected chi connectivity index (χ2v) is 5.78. The van der Waals surface area contributed by atoms with Crippen LogP contribution < -0.4 is 15.8 Å². The second kappa shape index (κ2) is 10.5. The summed E-state index contributed by atoms with van der Waals surface area (Å²) in [6, 6.07) is 7.33. The molecule has 0 radical (unpaired) electrons. The fourth-order valence-electron chi connectivity index (χ4n) is 2.71. The van der Waals surface area contributed by atoms with E-state index in [1.165, 1.54) is 25.7 Å². The average molecular weight is 342 g/mol. The quantitative estimate of drug-likeness (QED) is 0.834. The Morgan fingerprint density at radius 1 is 1.22 bits per heavy atom. The molecule has 5 nitrogen and oxygen atoms in total. The number of anilines is 1. The van der Waals surface area contributed by atoms with Gasteiger partial charge in [-0.15, -0.1) is 12.4 Å². The molecule has 6 heteroatoms. The van der Waals surface area contributed by atoms with Crippen molar-refractivity contribution < 1.29 is 9.53 Å². The minimum absolute atomic E-state index is 0. The molecule has 1 heterocycles. The molecule has 1 fully saturated rings. The molecular weight excluding hydrogens is 314 g/mol. The molecule has 1 amide bonds. The Morgan fingerprint density at radius 2 is 1.83 bits per heavy atom. The number of nitrogens with zero attached hydrogens (tertiary/aromatic N) is 1. The highest BCUT2D eigenvalue weighted by atomic mass is 35.5. The molecule has 1 aromatic carbocycles. The molecule has 1 aromatic rings. The van der Waals surface area contributed by atoms with Crippen LogP contribution in [-0.4, -0.2) is 43.1 Å². The maximum Gasteiger partial charge on any atom is 0.241 e. The van der Waals surface area contributed by atoms with E-state index in [9.17, 15) is 4.79 Å². The monoisotopic (exact) mass is 341 g/mol. The lowest BCUT2D eigenvalue weighted by atomic mass is 10.2. The van der Waals surface area contributed by atoms with Crippen molar-refractivity contribution in [2.45, 2.75) is 38.6 Å². The zero-order valence-corrected chi connectivity index (χ0v) is 14.6. The fourth-order valence-corrected chi connectivity index (χ4v) is 2.71. The summed E-state index contributed by atoms with van der Waals surface area (Å²) in [5, 5.41) is 2.98. The minimum Gasteiger partial charge on any atom is -0.492 e. The number of benzene rings is 1. The van der Waals surface area contributed by atoms with Crippen LogP contribution in [-0.2, 0) is 4.79 Å². The van der Waals surface area contributed by atoms with Gasteiger partial charge >= 0.3 is 0 Å². The molecule has 23 heavy (non-hydrogen) atoms. The molecule has 1 saturated heterocycles. The summed E-state index contributed by atoms with van der Waals surface area (Å²) in [6.07, 6.45) is 4.92. The normalized spacial score (nSPS) is 16.8. The van der Waals surface area contributed by atoms with Gasteiger partial charge in [0.15, 0.2) is 0 Å². The number of carbonyl (C=O) groups excluding carboxylic acids is 1. The summed E-state index contributed by atoms with van der Waals surface area (Å²) in [4.78, 5) is 14.7. The molecule has 0 aliphatic carbocycles. The molecule has 0 aromatic heterocycles. The van der Waals surface area contributed by atoms with E-state index in [4.69, 9.17) is 10.5 Å². The van der Waals surface area contributed by atoms with Crippen molar-refractivity contribution in [2.24, 2.45) is 5.73 Å². The molecule has 0 bridgehead atoms. The molecule has 130 valence electrons. The first-order chi connectivity index (χ1) is 10.7. The summed E-state index contributed by atoms with van der Waals surface area (Å²) >= 11 is 0. The Balaban J connectivity index is 0.00000264. The maximum atomic E-state index is 12.4. The Kier molecular flexibility index (Phi) is 8.99. The zero-order valence-electron chi connectivity index (χ0n) is 13.8. The van der Waals surface area contributed by atoms with E-state index in [-0.39, 0.29) is 24.4 Å². The van der Waals surface area contributed by atoms with Crippen LogP contribution in [0, 0.1) is 0 Å². The lowest BCUT2D eigenvalue weighted by Crippen LogP contribution is -2.42. The average Bonchev–Trinajstić information content (AvgIpc) is 2.82. The van der Waals surface area contributed by atoms with Gasteiger partial charge in [0.25, 0.3) is 0 Å². The van der Waals surface area contributed by atoms with Gasteiger partial charge in [0.05, 0.1) is 6.04 Å². The first-order valence-corrected chi connectivity index (χ1v) is 8.18. The van der Waals surface area contributed by atoms with E-state index in [2.05, 4.69) is 10.2 Å². The Hall–Kier alpha value is -1.30. The first-order valence-electron chi connectivity index (χ1n) is 8.18. The number of hydrogen-bond donors (Lipinski definition) is 2. The van der Waals surface area contributed by atoms with E-state index in [1.54, 1.807) is 0 Å². The predicted octanol–water partition coefficient (Wildman–Crippen LogP) is 2.65. The summed E-state index contributed by atoms with van der Waals surface area (Å²) < 4.78 is 5.43. The highest BCUT2D eigenvalue weighted by molar-refractivity contribution is 5.94. The number of likely N-dealkylation sites (tertiary alicyclic amines) is 1. The number of rotatable bonds is 6. The SMILES string of the molecule is CC(C(=O)Nc1ccc(OCCN)cc1)N1CCCCCC1.Cl. The van der Waals surface area contributed by atoms with Crippen molar-refractivity contribution in [3.63, 3.8) is 0 Å². The number of nitrogens with two attached hydrogens (primary N) is 1. The molecule has 0 spiro atoms. The van der Waals surface area contributed by atoms with Crippen molar-refractivity contribution in [1.29, 1.82) is 0 Å². The fraction of sp³-hybridized carbons (Fsp3) is 0.588. The van der Waals surface area contributed by atoms with Gasteiger partial charge in [-0.05, 0) is 57.1 Å². The Bertz CT molecular complexity index is 459. The van der Waals surface area contributed by atoms with Gasteiger partial charge in [-0.3, -0.25) is 9.69 Å². The Labute approximate surface area is 145 Å². The standard InChI is InChI=1S/C17H27N3O2.ClH/c1-14(20-11-4-2-3-5-12-20)17(21)19-15-6-8-16(9-7-15)22-13-10-18;/h6-9,14H,2-5,10-13,18H2,1H3,(H,19,21);1H. The highest BCUT2D eigenvalue weighted by Crippen LogP contribution is 2.17. The largest absolute Gasteiger partial charge is 0.492 e. The third-order valence-corrected chi connectivity index (χ3v) is 4.08. The topological polar surface area (TPSA) is 67.6 Å². The zero-order chi connectivity index (χ0) is 15.8. The van der Waals surface area contributed by atoms with Gasteiger partial charge in [0, 0.05) is 12.2 Å². The number of amides is 1. The number of halogens is 1. The number of nitrogens with one attached hydrogen (secondary N) is 1. The van der Waals surface area contributed by atoms with E-state index >= 15 is 0 Å². The number of hydrogen-bond acceptors (Lipinski definition) is 4. The van der Waals surface area contributed by atoms with E-state index < -0.39 is 0 Å². The molecule has 3 N–H and O–H groups in total. The van der Waals surface area contributed by atoms with Crippen LogP contribution in [0.15, 0.2) is 24.3 Å². The van der Waals surface area contributed by atoms with Crippen molar-refractivity contribution >= 4 is 24.0 Å². The summed E-state index contributed by atoms with van der Waals surface area (Å²) in [6.45, 7) is 5.00. The summed E-state index contributed by atoms with van der Waals surface area (Å²) in [5.74, 6) is 0.821. The lowest BCUT2D eigenvalue weighted by Gasteiger charge is -2.26. The van der Waals surface area contributed by atoms with Crippen LogP contribution in [0.5, 0.6) is 5.75 Å². The van der Waals surface area contributed by atoms with Gasteiger partial charge in [-0.1, -0.05) is 12.8 Å². The Morgan fingerprint density at radius 3 is 2.39 bits per heavy atom. The summed E-state index contributed by atoms with van der Waals surface area (Å²) in [5.41, 5.74) is 6.20.